The molecule has 1 atom stereocenters. The van der Waals surface area contributed by atoms with E-state index < -0.39 is 0 Å². The van der Waals surface area contributed by atoms with Gasteiger partial charge in [-0.1, -0.05) is 11.3 Å². The lowest BCUT2D eigenvalue weighted by atomic mass is 10.1. The zero-order valence-electron chi connectivity index (χ0n) is 14.4. The Morgan fingerprint density at radius 1 is 1.20 bits per heavy atom. The third kappa shape index (κ3) is 3.73. The molecule has 0 saturated carbocycles. The first-order valence-corrected chi connectivity index (χ1v) is 9.46. The van der Waals surface area contributed by atoms with Crippen LogP contribution in [-0.4, -0.2) is 50.6 Å². The SMILES string of the molecule is Cc1nc(N)sc1-c1cc(OC2CCOC2)cc(N2CCOCC2)c1. The fourth-order valence-electron chi connectivity index (χ4n) is 3.27. The largest absolute Gasteiger partial charge is 0.488 e. The van der Waals surface area contributed by atoms with Crippen molar-refractivity contribution in [3.63, 3.8) is 0 Å². The summed E-state index contributed by atoms with van der Waals surface area (Å²) in [4.78, 5) is 7.80. The molecule has 1 aromatic heterocycles. The first-order valence-electron chi connectivity index (χ1n) is 8.64. The first kappa shape index (κ1) is 16.6. The van der Waals surface area contributed by atoms with Gasteiger partial charge in [-0.05, 0) is 24.6 Å². The topological polar surface area (TPSA) is 69.8 Å². The van der Waals surface area contributed by atoms with Gasteiger partial charge in [-0.3, -0.25) is 0 Å². The van der Waals surface area contributed by atoms with E-state index in [1.807, 2.05) is 6.92 Å². The predicted molar refractivity (Wildman–Crippen MR) is 99.6 cm³/mol. The molecule has 2 saturated heterocycles. The normalized spacial score (nSPS) is 20.8. The third-order valence-corrected chi connectivity index (χ3v) is 5.57. The number of benzene rings is 1. The van der Waals surface area contributed by atoms with Crippen molar-refractivity contribution in [2.24, 2.45) is 0 Å². The molecule has 0 bridgehead atoms. The van der Waals surface area contributed by atoms with Crippen LogP contribution >= 0.6 is 11.3 Å². The predicted octanol–water partition coefficient (Wildman–Crippen LogP) is 2.71. The Hall–Kier alpha value is -1.83. The number of thiazole rings is 1. The van der Waals surface area contributed by atoms with Crippen molar-refractivity contribution in [3.8, 4) is 16.2 Å². The van der Waals surface area contributed by atoms with Gasteiger partial charge < -0.3 is 24.8 Å². The van der Waals surface area contributed by atoms with Gasteiger partial charge in [0.05, 0.1) is 37.0 Å². The zero-order chi connectivity index (χ0) is 17.2. The minimum Gasteiger partial charge on any atom is -0.488 e. The number of aromatic nitrogens is 1. The van der Waals surface area contributed by atoms with E-state index in [2.05, 4.69) is 28.1 Å². The van der Waals surface area contributed by atoms with E-state index in [-0.39, 0.29) is 6.10 Å². The van der Waals surface area contributed by atoms with Gasteiger partial charge in [0.2, 0.25) is 0 Å². The Morgan fingerprint density at radius 3 is 2.72 bits per heavy atom. The summed E-state index contributed by atoms with van der Waals surface area (Å²) in [5.41, 5.74) is 9.11. The Morgan fingerprint density at radius 2 is 2.04 bits per heavy atom. The van der Waals surface area contributed by atoms with Gasteiger partial charge >= 0.3 is 0 Å². The first-order chi connectivity index (χ1) is 12.2. The molecule has 2 N–H and O–H groups in total. The summed E-state index contributed by atoms with van der Waals surface area (Å²) in [7, 11) is 0. The van der Waals surface area contributed by atoms with E-state index in [0.717, 1.165) is 66.9 Å². The van der Waals surface area contributed by atoms with Crippen LogP contribution in [0.2, 0.25) is 0 Å². The van der Waals surface area contributed by atoms with Crippen molar-refractivity contribution in [3.05, 3.63) is 23.9 Å². The maximum atomic E-state index is 6.19. The minimum absolute atomic E-state index is 0.125. The summed E-state index contributed by atoms with van der Waals surface area (Å²) in [5, 5.41) is 0.593. The minimum atomic E-state index is 0.125. The fraction of sp³-hybridized carbons (Fsp3) is 0.500. The number of rotatable bonds is 4. The monoisotopic (exact) mass is 361 g/mol. The molecule has 2 aliphatic heterocycles. The van der Waals surface area contributed by atoms with Crippen LogP contribution < -0.4 is 15.4 Å². The zero-order valence-corrected chi connectivity index (χ0v) is 15.2. The maximum Gasteiger partial charge on any atom is 0.180 e. The summed E-state index contributed by atoms with van der Waals surface area (Å²) in [6.07, 6.45) is 1.06. The van der Waals surface area contributed by atoms with Crippen LogP contribution in [0.25, 0.3) is 10.4 Å². The molecule has 134 valence electrons. The van der Waals surface area contributed by atoms with Crippen LogP contribution in [-0.2, 0) is 9.47 Å². The van der Waals surface area contributed by atoms with E-state index in [1.165, 1.54) is 11.3 Å². The number of nitrogen functional groups attached to an aromatic ring is 1. The second-order valence-corrected chi connectivity index (χ2v) is 7.42. The highest BCUT2D eigenvalue weighted by Crippen LogP contribution is 2.37. The van der Waals surface area contributed by atoms with Crippen molar-refractivity contribution >= 4 is 22.2 Å². The Labute approximate surface area is 151 Å². The molecule has 0 spiro atoms. The van der Waals surface area contributed by atoms with Crippen LogP contribution in [0.1, 0.15) is 12.1 Å². The number of anilines is 2. The number of aryl methyl sites for hydroxylation is 1. The fourth-order valence-corrected chi connectivity index (χ4v) is 4.09. The highest BCUT2D eigenvalue weighted by Gasteiger charge is 2.20. The molecule has 0 radical (unpaired) electrons. The molecule has 1 aromatic carbocycles. The van der Waals surface area contributed by atoms with Crippen molar-refractivity contribution in [2.75, 3.05) is 50.2 Å². The van der Waals surface area contributed by atoms with E-state index in [4.69, 9.17) is 19.9 Å². The molecular formula is C18H23N3O3S. The molecule has 7 heteroatoms. The van der Waals surface area contributed by atoms with E-state index >= 15 is 0 Å². The summed E-state index contributed by atoms with van der Waals surface area (Å²) in [5.74, 6) is 0.876. The molecule has 25 heavy (non-hydrogen) atoms. The molecule has 0 aliphatic carbocycles. The van der Waals surface area contributed by atoms with Gasteiger partial charge in [0.1, 0.15) is 11.9 Å². The lowest BCUT2D eigenvalue weighted by Crippen LogP contribution is -2.36. The molecule has 1 unspecified atom stereocenters. The molecule has 6 nitrogen and oxygen atoms in total. The van der Waals surface area contributed by atoms with E-state index in [9.17, 15) is 0 Å². The summed E-state index contributed by atoms with van der Waals surface area (Å²) < 4.78 is 17.1. The van der Waals surface area contributed by atoms with Gasteiger partial charge in [-0.2, -0.15) is 0 Å². The second-order valence-electron chi connectivity index (χ2n) is 6.39. The Balaban J connectivity index is 1.69. The number of ether oxygens (including phenoxy) is 3. The number of morpholine rings is 1. The van der Waals surface area contributed by atoms with Crippen molar-refractivity contribution in [2.45, 2.75) is 19.4 Å². The van der Waals surface area contributed by atoms with Crippen LogP contribution in [0.5, 0.6) is 5.75 Å². The van der Waals surface area contributed by atoms with Crippen molar-refractivity contribution in [1.82, 2.24) is 4.98 Å². The molecule has 2 aromatic rings. The molecule has 0 amide bonds. The number of nitrogens with two attached hydrogens (primary N) is 1. The Bertz CT molecular complexity index is 737. The van der Waals surface area contributed by atoms with Crippen LogP contribution in [0.3, 0.4) is 0 Å². The highest BCUT2D eigenvalue weighted by atomic mass is 32.1. The van der Waals surface area contributed by atoms with Crippen LogP contribution in [0.4, 0.5) is 10.8 Å². The summed E-state index contributed by atoms with van der Waals surface area (Å²) >= 11 is 1.52. The lowest BCUT2D eigenvalue weighted by molar-refractivity contribution is 0.122. The van der Waals surface area contributed by atoms with E-state index in [0.29, 0.717) is 11.7 Å². The average Bonchev–Trinajstić information content (AvgIpc) is 3.24. The molecule has 4 rings (SSSR count). The molecule has 3 heterocycles. The van der Waals surface area contributed by atoms with Gasteiger partial charge in [-0.15, -0.1) is 0 Å². The van der Waals surface area contributed by atoms with Crippen molar-refractivity contribution in [1.29, 1.82) is 0 Å². The summed E-state index contributed by atoms with van der Waals surface area (Å²) in [6.45, 7) is 6.70. The highest BCUT2D eigenvalue weighted by molar-refractivity contribution is 7.18. The number of nitrogens with zero attached hydrogens (tertiary/aromatic N) is 2. The smallest absolute Gasteiger partial charge is 0.180 e. The van der Waals surface area contributed by atoms with Gasteiger partial charge in [0.15, 0.2) is 5.13 Å². The molecule has 2 aliphatic rings. The van der Waals surface area contributed by atoms with Gasteiger partial charge in [-0.25, -0.2) is 4.98 Å². The van der Waals surface area contributed by atoms with Crippen LogP contribution in [0, 0.1) is 6.92 Å². The Kier molecular flexibility index (Phi) is 4.78. The van der Waals surface area contributed by atoms with Crippen LogP contribution in [0.15, 0.2) is 18.2 Å². The quantitative estimate of drug-likeness (QED) is 0.903. The third-order valence-electron chi connectivity index (χ3n) is 4.53. The summed E-state index contributed by atoms with van der Waals surface area (Å²) in [6, 6.07) is 6.40. The average molecular weight is 361 g/mol. The number of hydrogen-bond donors (Lipinski definition) is 1. The standard InChI is InChI=1S/C18H23N3O3S/c1-12-17(25-18(19)20-12)13-8-14(21-3-6-22-7-4-21)10-16(9-13)24-15-2-5-23-11-15/h8-10,15H,2-7,11H2,1H3,(H2,19,20). The lowest BCUT2D eigenvalue weighted by Gasteiger charge is -2.29. The van der Waals surface area contributed by atoms with E-state index in [1.54, 1.807) is 0 Å². The van der Waals surface area contributed by atoms with Crippen molar-refractivity contribution < 1.29 is 14.2 Å². The van der Waals surface area contributed by atoms with Gasteiger partial charge in [0.25, 0.3) is 0 Å². The maximum absolute atomic E-state index is 6.19. The number of hydrogen-bond acceptors (Lipinski definition) is 7. The second kappa shape index (κ2) is 7.19. The van der Waals surface area contributed by atoms with Gasteiger partial charge in [0, 0.05) is 31.3 Å². The molecule has 2 fully saturated rings. The molecular weight excluding hydrogens is 338 g/mol.